The summed E-state index contributed by atoms with van der Waals surface area (Å²) in [4.78, 5) is 3.91. The number of rotatable bonds is 4. The van der Waals surface area contributed by atoms with Crippen LogP contribution in [0.15, 0.2) is 23.4 Å². The number of hydrogen-bond donors (Lipinski definition) is 1. The van der Waals surface area contributed by atoms with Gasteiger partial charge in [0.25, 0.3) is 0 Å². The molecule has 0 spiro atoms. The maximum Gasteiger partial charge on any atom is 0.417 e. The Kier molecular flexibility index (Phi) is 5.29. The van der Waals surface area contributed by atoms with Crippen molar-refractivity contribution in [1.29, 1.82) is 0 Å². The average Bonchev–Trinajstić information content (AvgIpc) is 2.46. The molecule has 0 atom stereocenters. The zero-order valence-electron chi connectivity index (χ0n) is 11.1. The number of pyridine rings is 1. The normalized spacial score (nSPS) is 19.0. The summed E-state index contributed by atoms with van der Waals surface area (Å²) >= 11 is 6.01. The Morgan fingerprint density at radius 1 is 1.20 bits per heavy atom. The zero-order valence-corrected chi connectivity index (χ0v) is 12.8. The lowest BCUT2D eigenvalue weighted by molar-refractivity contribution is -0.137. The molecule has 0 aromatic carbocycles. The van der Waals surface area contributed by atoms with Crippen molar-refractivity contribution in [2.24, 2.45) is 5.41 Å². The highest BCUT2D eigenvalue weighted by Gasteiger charge is 2.32. The highest BCUT2D eigenvalue weighted by molar-refractivity contribution is 7.99. The van der Waals surface area contributed by atoms with E-state index >= 15 is 0 Å². The van der Waals surface area contributed by atoms with Gasteiger partial charge in [-0.25, -0.2) is 4.98 Å². The second-order valence-electron chi connectivity index (χ2n) is 5.39. The molecule has 1 fully saturated rings. The second kappa shape index (κ2) is 6.60. The SMILES string of the molecule is FC(F)(F)c1ccc(SCC2(CS)CCCCC2)nc1. The molecule has 1 aromatic rings. The van der Waals surface area contributed by atoms with E-state index in [9.17, 15) is 13.2 Å². The van der Waals surface area contributed by atoms with Gasteiger partial charge in [-0.05, 0) is 36.1 Å². The van der Waals surface area contributed by atoms with Gasteiger partial charge in [0.2, 0.25) is 0 Å². The number of hydrogen-bond acceptors (Lipinski definition) is 3. The number of thiol groups is 1. The molecular formula is C14H18F3NS2. The minimum absolute atomic E-state index is 0.219. The zero-order chi connectivity index (χ0) is 14.6. The topological polar surface area (TPSA) is 12.9 Å². The molecule has 1 heterocycles. The van der Waals surface area contributed by atoms with Crippen molar-refractivity contribution in [2.75, 3.05) is 11.5 Å². The summed E-state index contributed by atoms with van der Waals surface area (Å²) in [6, 6.07) is 2.56. The molecule has 0 unspecified atom stereocenters. The summed E-state index contributed by atoms with van der Waals surface area (Å²) in [6.45, 7) is 0. The van der Waals surface area contributed by atoms with Gasteiger partial charge in [0, 0.05) is 11.9 Å². The lowest BCUT2D eigenvalue weighted by atomic mass is 9.77. The van der Waals surface area contributed by atoms with Crippen molar-refractivity contribution >= 4 is 24.4 Å². The summed E-state index contributed by atoms with van der Waals surface area (Å²) in [7, 11) is 0. The standard InChI is InChI=1S/C14H18F3NS2/c15-14(16,17)11-4-5-12(18-8-11)20-10-13(9-19)6-2-1-3-7-13/h4-5,8,19H,1-3,6-7,9-10H2. The fourth-order valence-electron chi connectivity index (χ4n) is 2.51. The minimum atomic E-state index is -4.31. The highest BCUT2D eigenvalue weighted by atomic mass is 32.2. The minimum Gasteiger partial charge on any atom is -0.249 e. The summed E-state index contributed by atoms with van der Waals surface area (Å²) < 4.78 is 37.4. The van der Waals surface area contributed by atoms with E-state index in [0.717, 1.165) is 36.6 Å². The van der Waals surface area contributed by atoms with Gasteiger partial charge in [-0.2, -0.15) is 25.8 Å². The first-order valence-electron chi connectivity index (χ1n) is 6.72. The lowest BCUT2D eigenvalue weighted by Gasteiger charge is -2.35. The molecule has 0 aliphatic heterocycles. The van der Waals surface area contributed by atoms with Crippen LogP contribution >= 0.6 is 24.4 Å². The van der Waals surface area contributed by atoms with E-state index in [0.29, 0.717) is 5.03 Å². The first-order valence-corrected chi connectivity index (χ1v) is 8.34. The lowest BCUT2D eigenvalue weighted by Crippen LogP contribution is -2.28. The molecule has 0 saturated heterocycles. The van der Waals surface area contributed by atoms with Crippen molar-refractivity contribution in [3.8, 4) is 0 Å². The molecule has 6 heteroatoms. The fourth-order valence-corrected chi connectivity index (χ4v) is 4.23. The number of aromatic nitrogens is 1. The van der Waals surface area contributed by atoms with Crippen LogP contribution in [0, 0.1) is 5.41 Å². The largest absolute Gasteiger partial charge is 0.417 e. The summed E-state index contributed by atoms with van der Waals surface area (Å²) in [5.74, 6) is 1.72. The second-order valence-corrected chi connectivity index (χ2v) is 6.70. The maximum absolute atomic E-state index is 12.5. The Bertz CT molecular complexity index is 425. The Balaban J connectivity index is 1.96. The van der Waals surface area contributed by atoms with Gasteiger partial charge in [0.15, 0.2) is 0 Å². The molecule has 2 rings (SSSR count). The number of nitrogens with zero attached hydrogens (tertiary/aromatic N) is 1. The van der Waals surface area contributed by atoms with Crippen molar-refractivity contribution in [3.05, 3.63) is 23.9 Å². The Morgan fingerprint density at radius 3 is 2.40 bits per heavy atom. The molecule has 1 aromatic heterocycles. The van der Waals surface area contributed by atoms with Crippen LogP contribution in [-0.2, 0) is 6.18 Å². The van der Waals surface area contributed by atoms with Gasteiger partial charge in [-0.15, -0.1) is 11.8 Å². The van der Waals surface area contributed by atoms with E-state index in [-0.39, 0.29) is 5.41 Å². The molecule has 0 radical (unpaired) electrons. The number of thioether (sulfide) groups is 1. The van der Waals surface area contributed by atoms with Gasteiger partial charge in [-0.1, -0.05) is 19.3 Å². The van der Waals surface area contributed by atoms with E-state index < -0.39 is 11.7 Å². The van der Waals surface area contributed by atoms with Gasteiger partial charge in [0.05, 0.1) is 10.6 Å². The fraction of sp³-hybridized carbons (Fsp3) is 0.643. The third-order valence-corrected chi connectivity index (χ3v) is 5.80. The van der Waals surface area contributed by atoms with Crippen LogP contribution in [0.4, 0.5) is 13.2 Å². The van der Waals surface area contributed by atoms with Gasteiger partial charge in [-0.3, -0.25) is 0 Å². The van der Waals surface area contributed by atoms with Crippen LogP contribution in [0.5, 0.6) is 0 Å². The molecule has 1 aliphatic carbocycles. The summed E-state index contributed by atoms with van der Waals surface area (Å²) in [5.41, 5.74) is -0.473. The third kappa shape index (κ3) is 4.07. The molecule has 0 N–H and O–H groups in total. The third-order valence-electron chi connectivity index (χ3n) is 3.84. The van der Waals surface area contributed by atoms with Crippen molar-refractivity contribution in [3.63, 3.8) is 0 Å². The van der Waals surface area contributed by atoms with E-state index in [4.69, 9.17) is 0 Å². The van der Waals surface area contributed by atoms with Crippen LogP contribution in [0.3, 0.4) is 0 Å². The first kappa shape index (κ1) is 16.0. The summed E-state index contributed by atoms with van der Waals surface area (Å²) in [5, 5.41) is 0.657. The predicted molar refractivity (Wildman–Crippen MR) is 79.3 cm³/mol. The van der Waals surface area contributed by atoms with E-state index in [1.807, 2.05) is 0 Å². The molecule has 1 saturated carbocycles. The van der Waals surface area contributed by atoms with Crippen LogP contribution in [-0.4, -0.2) is 16.5 Å². The summed E-state index contributed by atoms with van der Waals surface area (Å²) in [6.07, 6.45) is 2.64. The molecular weight excluding hydrogens is 303 g/mol. The van der Waals surface area contributed by atoms with Crippen LogP contribution < -0.4 is 0 Å². The molecule has 112 valence electrons. The average molecular weight is 321 g/mol. The maximum atomic E-state index is 12.5. The molecule has 1 nitrogen and oxygen atoms in total. The number of alkyl halides is 3. The molecule has 0 amide bonds. The monoisotopic (exact) mass is 321 g/mol. The quantitative estimate of drug-likeness (QED) is 0.614. The Morgan fingerprint density at radius 2 is 1.90 bits per heavy atom. The molecule has 1 aliphatic rings. The van der Waals surface area contributed by atoms with E-state index in [2.05, 4.69) is 17.6 Å². The van der Waals surface area contributed by atoms with Gasteiger partial charge < -0.3 is 0 Å². The van der Waals surface area contributed by atoms with Crippen molar-refractivity contribution in [2.45, 2.75) is 43.3 Å². The van der Waals surface area contributed by atoms with Crippen LogP contribution in [0.1, 0.15) is 37.7 Å². The first-order chi connectivity index (χ1) is 9.45. The van der Waals surface area contributed by atoms with Crippen LogP contribution in [0.2, 0.25) is 0 Å². The van der Waals surface area contributed by atoms with E-state index in [1.54, 1.807) is 11.8 Å². The van der Waals surface area contributed by atoms with Gasteiger partial charge >= 0.3 is 6.18 Å². The van der Waals surface area contributed by atoms with Crippen LogP contribution in [0.25, 0.3) is 0 Å². The molecule has 0 bridgehead atoms. The predicted octanol–water partition coefficient (Wildman–Crippen LogP) is 5.07. The van der Waals surface area contributed by atoms with E-state index in [1.165, 1.54) is 25.3 Å². The highest BCUT2D eigenvalue weighted by Crippen LogP contribution is 2.41. The van der Waals surface area contributed by atoms with Crippen molar-refractivity contribution < 1.29 is 13.2 Å². The number of halogens is 3. The van der Waals surface area contributed by atoms with Crippen molar-refractivity contribution in [1.82, 2.24) is 4.98 Å². The Labute approximate surface area is 127 Å². The van der Waals surface area contributed by atoms with Gasteiger partial charge in [0.1, 0.15) is 0 Å². The Hall–Kier alpha value is -0.360. The molecule has 20 heavy (non-hydrogen) atoms. The smallest absolute Gasteiger partial charge is 0.249 e.